The van der Waals surface area contributed by atoms with Crippen molar-refractivity contribution in [2.75, 3.05) is 5.32 Å². The third-order valence-electron chi connectivity index (χ3n) is 2.21. The molecule has 0 fully saturated rings. The molecular formula is C11H10N4O3. The van der Waals surface area contributed by atoms with Crippen molar-refractivity contribution in [3.63, 3.8) is 0 Å². The Kier molecular flexibility index (Phi) is 3.35. The first-order valence-corrected chi connectivity index (χ1v) is 5.06. The first kappa shape index (κ1) is 11.8. The molecule has 0 spiro atoms. The van der Waals surface area contributed by atoms with E-state index in [1.807, 2.05) is 6.07 Å². The van der Waals surface area contributed by atoms with Crippen LogP contribution in [0.25, 0.3) is 0 Å². The van der Waals surface area contributed by atoms with Gasteiger partial charge >= 0.3 is 0 Å². The largest absolute Gasteiger partial charge is 0.340 e. The maximum atomic E-state index is 11.9. The number of nitrogens with one attached hydrogen (secondary N) is 3. The molecule has 2 aromatic rings. The third kappa shape index (κ3) is 2.36. The maximum absolute atomic E-state index is 11.9. The number of carbonyl (C=O) groups is 2. The minimum absolute atomic E-state index is 0.0228. The van der Waals surface area contributed by atoms with Crippen molar-refractivity contribution >= 4 is 17.5 Å². The van der Waals surface area contributed by atoms with Gasteiger partial charge in [0, 0.05) is 5.69 Å². The molecule has 0 aliphatic rings. The SMILES string of the molecule is O=C(NO)c1nc[nH]c1C(=O)Nc1ccccc1. The summed E-state index contributed by atoms with van der Waals surface area (Å²) in [7, 11) is 0. The molecular weight excluding hydrogens is 236 g/mol. The van der Waals surface area contributed by atoms with Gasteiger partial charge < -0.3 is 10.3 Å². The third-order valence-corrected chi connectivity index (χ3v) is 2.21. The molecule has 7 nitrogen and oxygen atoms in total. The monoisotopic (exact) mass is 246 g/mol. The summed E-state index contributed by atoms with van der Waals surface area (Å²) in [5, 5.41) is 11.1. The van der Waals surface area contributed by atoms with Crippen LogP contribution in [0.4, 0.5) is 5.69 Å². The molecule has 0 unspecified atom stereocenters. The summed E-state index contributed by atoms with van der Waals surface area (Å²) in [4.78, 5) is 29.3. The summed E-state index contributed by atoms with van der Waals surface area (Å²) in [5.41, 5.74) is 1.82. The number of hydrogen-bond donors (Lipinski definition) is 4. The van der Waals surface area contributed by atoms with E-state index in [0.29, 0.717) is 5.69 Å². The standard InChI is InChI=1S/C11H10N4O3/c16-10(14-7-4-2-1-3-5-7)8-9(11(17)15-18)13-6-12-8/h1-6,18H,(H,12,13)(H,14,16)(H,15,17). The molecule has 4 N–H and O–H groups in total. The van der Waals surface area contributed by atoms with Gasteiger partial charge in [-0.3, -0.25) is 14.8 Å². The molecule has 1 aromatic heterocycles. The van der Waals surface area contributed by atoms with Crippen LogP contribution in [0.2, 0.25) is 0 Å². The first-order valence-electron chi connectivity index (χ1n) is 5.06. The molecule has 0 saturated heterocycles. The van der Waals surface area contributed by atoms with Crippen LogP contribution in [0.1, 0.15) is 21.0 Å². The van der Waals surface area contributed by atoms with Gasteiger partial charge in [0.05, 0.1) is 6.33 Å². The number of imidazole rings is 1. The zero-order chi connectivity index (χ0) is 13.0. The molecule has 0 aliphatic carbocycles. The van der Waals surface area contributed by atoms with Gasteiger partial charge in [-0.05, 0) is 12.1 Å². The highest BCUT2D eigenvalue weighted by atomic mass is 16.5. The van der Waals surface area contributed by atoms with Gasteiger partial charge in [-0.25, -0.2) is 10.5 Å². The second-order valence-corrected chi connectivity index (χ2v) is 3.39. The lowest BCUT2D eigenvalue weighted by molar-refractivity contribution is 0.0697. The summed E-state index contributed by atoms with van der Waals surface area (Å²) >= 11 is 0. The number of carbonyl (C=O) groups excluding carboxylic acids is 2. The Balaban J connectivity index is 2.20. The fraction of sp³-hybridized carbons (Fsp3) is 0. The van der Waals surface area contributed by atoms with Crippen LogP contribution in [0.3, 0.4) is 0 Å². The van der Waals surface area contributed by atoms with E-state index in [4.69, 9.17) is 5.21 Å². The molecule has 0 bridgehead atoms. The lowest BCUT2D eigenvalue weighted by Crippen LogP contribution is -2.24. The van der Waals surface area contributed by atoms with Crippen LogP contribution < -0.4 is 10.8 Å². The average molecular weight is 246 g/mol. The average Bonchev–Trinajstić information content (AvgIpc) is 2.88. The van der Waals surface area contributed by atoms with Gasteiger partial charge in [0.2, 0.25) is 0 Å². The van der Waals surface area contributed by atoms with Gasteiger partial charge in [0.25, 0.3) is 11.8 Å². The summed E-state index contributed by atoms with van der Waals surface area (Å²) in [6.07, 6.45) is 1.20. The second-order valence-electron chi connectivity index (χ2n) is 3.39. The topological polar surface area (TPSA) is 107 Å². The number of rotatable bonds is 3. The molecule has 2 rings (SSSR count). The Bertz CT molecular complexity index is 565. The van der Waals surface area contributed by atoms with E-state index in [1.165, 1.54) is 11.8 Å². The van der Waals surface area contributed by atoms with E-state index >= 15 is 0 Å². The van der Waals surface area contributed by atoms with Crippen molar-refractivity contribution in [3.05, 3.63) is 48.0 Å². The highest BCUT2D eigenvalue weighted by molar-refractivity contribution is 6.09. The molecule has 1 heterocycles. The van der Waals surface area contributed by atoms with Crippen molar-refractivity contribution in [2.24, 2.45) is 0 Å². The van der Waals surface area contributed by atoms with E-state index in [0.717, 1.165) is 0 Å². The fourth-order valence-electron chi connectivity index (χ4n) is 1.41. The predicted molar refractivity (Wildman–Crippen MR) is 62.2 cm³/mol. The zero-order valence-corrected chi connectivity index (χ0v) is 9.18. The lowest BCUT2D eigenvalue weighted by atomic mass is 10.2. The van der Waals surface area contributed by atoms with Crippen LogP contribution in [-0.4, -0.2) is 27.0 Å². The Morgan fingerprint density at radius 3 is 2.56 bits per heavy atom. The van der Waals surface area contributed by atoms with Gasteiger partial charge in [-0.15, -0.1) is 0 Å². The number of benzene rings is 1. The Morgan fingerprint density at radius 2 is 1.89 bits per heavy atom. The highest BCUT2D eigenvalue weighted by Gasteiger charge is 2.19. The number of H-pyrrole nitrogens is 1. The Morgan fingerprint density at radius 1 is 1.17 bits per heavy atom. The van der Waals surface area contributed by atoms with E-state index in [-0.39, 0.29) is 11.4 Å². The summed E-state index contributed by atoms with van der Waals surface area (Å²) in [5.74, 6) is -1.37. The summed E-state index contributed by atoms with van der Waals surface area (Å²) in [6.45, 7) is 0. The molecule has 2 amide bonds. The van der Waals surface area contributed by atoms with Crippen LogP contribution in [0.15, 0.2) is 36.7 Å². The van der Waals surface area contributed by atoms with Crippen molar-refractivity contribution in [3.8, 4) is 0 Å². The minimum atomic E-state index is -0.852. The molecule has 1 aromatic carbocycles. The first-order chi connectivity index (χ1) is 8.72. The normalized spacial score (nSPS) is 9.83. The maximum Gasteiger partial charge on any atom is 0.295 e. The van der Waals surface area contributed by atoms with Gasteiger partial charge in [0.1, 0.15) is 5.69 Å². The van der Waals surface area contributed by atoms with E-state index < -0.39 is 11.8 Å². The van der Waals surface area contributed by atoms with Gasteiger partial charge in [-0.2, -0.15) is 0 Å². The van der Waals surface area contributed by atoms with Crippen LogP contribution in [0, 0.1) is 0 Å². The number of anilines is 1. The Labute approximate surface area is 102 Å². The van der Waals surface area contributed by atoms with Crippen molar-refractivity contribution in [2.45, 2.75) is 0 Å². The van der Waals surface area contributed by atoms with Gasteiger partial charge in [0.15, 0.2) is 5.69 Å². The molecule has 7 heteroatoms. The van der Waals surface area contributed by atoms with Crippen LogP contribution in [0.5, 0.6) is 0 Å². The second kappa shape index (κ2) is 5.11. The highest BCUT2D eigenvalue weighted by Crippen LogP contribution is 2.09. The number of nitrogens with zero attached hydrogens (tertiary/aromatic N) is 1. The lowest BCUT2D eigenvalue weighted by Gasteiger charge is -2.04. The van der Waals surface area contributed by atoms with Crippen molar-refractivity contribution in [1.29, 1.82) is 0 Å². The van der Waals surface area contributed by atoms with Crippen molar-refractivity contribution in [1.82, 2.24) is 15.4 Å². The fourth-order valence-corrected chi connectivity index (χ4v) is 1.41. The molecule has 0 radical (unpaired) electrons. The summed E-state index contributed by atoms with van der Waals surface area (Å²) in [6, 6.07) is 8.77. The number of amides is 2. The van der Waals surface area contributed by atoms with E-state index in [2.05, 4.69) is 15.3 Å². The quantitative estimate of drug-likeness (QED) is 0.474. The van der Waals surface area contributed by atoms with E-state index in [9.17, 15) is 9.59 Å². The predicted octanol–water partition coefficient (Wildman–Crippen LogP) is 0.781. The smallest absolute Gasteiger partial charge is 0.295 e. The summed E-state index contributed by atoms with van der Waals surface area (Å²) < 4.78 is 0. The number of hydrogen-bond acceptors (Lipinski definition) is 4. The Hall–Kier alpha value is -2.67. The molecule has 0 saturated carbocycles. The minimum Gasteiger partial charge on any atom is -0.340 e. The number of hydroxylamine groups is 1. The molecule has 0 aliphatic heterocycles. The van der Waals surface area contributed by atoms with Crippen LogP contribution >= 0.6 is 0 Å². The zero-order valence-electron chi connectivity index (χ0n) is 9.18. The number of aromatic nitrogens is 2. The molecule has 18 heavy (non-hydrogen) atoms. The number of para-hydroxylation sites is 1. The molecule has 92 valence electrons. The van der Waals surface area contributed by atoms with Crippen molar-refractivity contribution < 1.29 is 14.8 Å². The molecule has 0 atom stereocenters. The number of aromatic amines is 1. The van der Waals surface area contributed by atoms with Gasteiger partial charge in [-0.1, -0.05) is 18.2 Å². The van der Waals surface area contributed by atoms with Crippen LogP contribution in [-0.2, 0) is 0 Å². The van der Waals surface area contributed by atoms with E-state index in [1.54, 1.807) is 24.3 Å².